The molecule has 2 N–H and O–H groups in total. The van der Waals surface area contributed by atoms with Crippen LogP contribution in [0.15, 0.2) is 36.4 Å². The Morgan fingerprint density at radius 1 is 1.15 bits per heavy atom. The van der Waals surface area contributed by atoms with Gasteiger partial charge in [0.25, 0.3) is 5.91 Å². The Kier molecular flexibility index (Phi) is 4.20. The van der Waals surface area contributed by atoms with Gasteiger partial charge in [-0.05, 0) is 30.3 Å². The van der Waals surface area contributed by atoms with Gasteiger partial charge >= 0.3 is 0 Å². The second-order valence-corrected chi connectivity index (χ2v) is 4.40. The second-order valence-electron chi connectivity index (χ2n) is 4.00. The van der Waals surface area contributed by atoms with E-state index < -0.39 is 17.5 Å². The molecule has 20 heavy (non-hydrogen) atoms. The molecule has 2 aromatic carbocycles. The van der Waals surface area contributed by atoms with Gasteiger partial charge in [0.2, 0.25) is 0 Å². The highest BCUT2D eigenvalue weighted by atomic mass is 35.5. The molecule has 0 fully saturated rings. The number of hydrogen-bond donors (Lipinski definition) is 2. The standard InChI is InChI=1S/C14H11ClF2N2O/c1-18-13-9(3-2-4-11(13)16)14(20)19-8-5-6-10(15)12(17)7-8/h2-7,18H,1H3,(H,19,20). The summed E-state index contributed by atoms with van der Waals surface area (Å²) >= 11 is 5.56. The Morgan fingerprint density at radius 2 is 1.90 bits per heavy atom. The fourth-order valence-electron chi connectivity index (χ4n) is 1.74. The third kappa shape index (κ3) is 2.88. The average molecular weight is 297 g/mol. The topological polar surface area (TPSA) is 41.1 Å². The van der Waals surface area contributed by atoms with Crippen LogP contribution in [-0.4, -0.2) is 13.0 Å². The molecule has 0 radical (unpaired) electrons. The van der Waals surface area contributed by atoms with Gasteiger partial charge in [-0.1, -0.05) is 17.7 Å². The Balaban J connectivity index is 2.28. The minimum Gasteiger partial charge on any atom is -0.385 e. The van der Waals surface area contributed by atoms with Gasteiger partial charge < -0.3 is 10.6 Å². The summed E-state index contributed by atoms with van der Waals surface area (Å²) in [4.78, 5) is 12.1. The molecule has 0 spiro atoms. The van der Waals surface area contributed by atoms with Crippen molar-refractivity contribution in [3.63, 3.8) is 0 Å². The zero-order valence-electron chi connectivity index (χ0n) is 10.5. The summed E-state index contributed by atoms with van der Waals surface area (Å²) in [6.45, 7) is 0. The fourth-order valence-corrected chi connectivity index (χ4v) is 1.86. The number of rotatable bonds is 3. The summed E-state index contributed by atoms with van der Waals surface area (Å²) in [6.07, 6.45) is 0. The van der Waals surface area contributed by atoms with E-state index in [9.17, 15) is 13.6 Å². The molecule has 0 saturated carbocycles. The summed E-state index contributed by atoms with van der Waals surface area (Å²) < 4.78 is 26.8. The summed E-state index contributed by atoms with van der Waals surface area (Å²) in [7, 11) is 1.51. The van der Waals surface area contributed by atoms with Crippen LogP contribution in [0.25, 0.3) is 0 Å². The molecule has 0 aliphatic rings. The third-order valence-electron chi connectivity index (χ3n) is 2.69. The van der Waals surface area contributed by atoms with Crippen LogP contribution in [-0.2, 0) is 0 Å². The lowest BCUT2D eigenvalue weighted by Crippen LogP contribution is -2.15. The molecule has 0 heterocycles. The summed E-state index contributed by atoms with van der Waals surface area (Å²) in [5, 5.41) is 5.07. The van der Waals surface area contributed by atoms with E-state index in [1.807, 2.05) is 0 Å². The second kappa shape index (κ2) is 5.88. The van der Waals surface area contributed by atoms with Gasteiger partial charge in [-0.15, -0.1) is 0 Å². The van der Waals surface area contributed by atoms with Gasteiger partial charge in [0.15, 0.2) is 0 Å². The van der Waals surface area contributed by atoms with E-state index in [-0.39, 0.29) is 22.0 Å². The van der Waals surface area contributed by atoms with E-state index >= 15 is 0 Å². The minimum absolute atomic E-state index is 0.0373. The summed E-state index contributed by atoms with van der Waals surface area (Å²) in [6, 6.07) is 8.02. The normalized spacial score (nSPS) is 10.2. The van der Waals surface area contributed by atoms with Gasteiger partial charge in [0, 0.05) is 12.7 Å². The lowest BCUT2D eigenvalue weighted by molar-refractivity contribution is 0.102. The molecule has 0 atom stereocenters. The van der Waals surface area contributed by atoms with Crippen molar-refractivity contribution in [2.45, 2.75) is 0 Å². The Morgan fingerprint density at radius 3 is 2.55 bits per heavy atom. The smallest absolute Gasteiger partial charge is 0.257 e. The van der Waals surface area contributed by atoms with Gasteiger partial charge in [0.05, 0.1) is 16.3 Å². The largest absolute Gasteiger partial charge is 0.385 e. The van der Waals surface area contributed by atoms with Crippen molar-refractivity contribution in [3.8, 4) is 0 Å². The van der Waals surface area contributed by atoms with E-state index in [2.05, 4.69) is 10.6 Å². The number of para-hydroxylation sites is 1. The van der Waals surface area contributed by atoms with E-state index in [4.69, 9.17) is 11.6 Å². The van der Waals surface area contributed by atoms with E-state index in [1.54, 1.807) is 0 Å². The molecule has 1 amide bonds. The molecule has 6 heteroatoms. The van der Waals surface area contributed by atoms with Crippen molar-refractivity contribution in [1.29, 1.82) is 0 Å². The number of anilines is 2. The van der Waals surface area contributed by atoms with Gasteiger partial charge in [0.1, 0.15) is 11.6 Å². The molecule has 0 bridgehead atoms. The van der Waals surface area contributed by atoms with Crippen molar-refractivity contribution in [2.24, 2.45) is 0 Å². The summed E-state index contributed by atoms with van der Waals surface area (Å²) in [5.74, 6) is -1.73. The highest BCUT2D eigenvalue weighted by molar-refractivity contribution is 6.30. The van der Waals surface area contributed by atoms with Crippen LogP contribution in [0, 0.1) is 11.6 Å². The number of hydrogen-bond acceptors (Lipinski definition) is 2. The number of halogens is 3. The average Bonchev–Trinajstić information content (AvgIpc) is 2.42. The number of carbonyl (C=O) groups is 1. The summed E-state index contributed by atoms with van der Waals surface area (Å²) in [5.41, 5.74) is 0.450. The molecule has 0 aliphatic heterocycles. The maximum Gasteiger partial charge on any atom is 0.257 e. The molecule has 3 nitrogen and oxygen atoms in total. The van der Waals surface area contributed by atoms with Crippen LogP contribution in [0.1, 0.15) is 10.4 Å². The lowest BCUT2D eigenvalue weighted by atomic mass is 10.1. The molecule has 0 aromatic heterocycles. The van der Waals surface area contributed by atoms with E-state index in [1.165, 1.54) is 37.4 Å². The van der Waals surface area contributed by atoms with Gasteiger partial charge in [-0.3, -0.25) is 4.79 Å². The van der Waals surface area contributed by atoms with Crippen molar-refractivity contribution >= 4 is 28.9 Å². The van der Waals surface area contributed by atoms with Crippen molar-refractivity contribution in [2.75, 3.05) is 17.7 Å². The highest BCUT2D eigenvalue weighted by Gasteiger charge is 2.14. The molecule has 104 valence electrons. The van der Waals surface area contributed by atoms with Crippen LogP contribution in [0.3, 0.4) is 0 Å². The van der Waals surface area contributed by atoms with Crippen molar-refractivity contribution < 1.29 is 13.6 Å². The van der Waals surface area contributed by atoms with Crippen LogP contribution in [0.5, 0.6) is 0 Å². The van der Waals surface area contributed by atoms with E-state index in [0.717, 1.165) is 6.07 Å². The quantitative estimate of drug-likeness (QED) is 0.901. The molecular formula is C14H11ClF2N2O. The Bertz CT molecular complexity index is 662. The predicted octanol–water partition coefficient (Wildman–Crippen LogP) is 3.91. The molecule has 2 rings (SSSR count). The number of nitrogens with one attached hydrogen (secondary N) is 2. The third-order valence-corrected chi connectivity index (χ3v) is 2.99. The number of benzene rings is 2. The van der Waals surface area contributed by atoms with Crippen molar-refractivity contribution in [1.82, 2.24) is 0 Å². The van der Waals surface area contributed by atoms with E-state index in [0.29, 0.717) is 0 Å². The molecule has 2 aromatic rings. The zero-order chi connectivity index (χ0) is 14.7. The van der Waals surface area contributed by atoms with Gasteiger partial charge in [-0.2, -0.15) is 0 Å². The first-order chi connectivity index (χ1) is 9.52. The Labute approximate surface area is 119 Å². The van der Waals surface area contributed by atoms with Crippen molar-refractivity contribution in [3.05, 3.63) is 58.6 Å². The first-order valence-corrected chi connectivity index (χ1v) is 6.13. The Hall–Kier alpha value is -2.14. The molecular weight excluding hydrogens is 286 g/mol. The number of carbonyl (C=O) groups excluding carboxylic acids is 1. The maximum atomic E-state index is 13.5. The fraction of sp³-hybridized carbons (Fsp3) is 0.0714. The van der Waals surface area contributed by atoms with Gasteiger partial charge in [-0.25, -0.2) is 8.78 Å². The molecule has 0 unspecified atom stereocenters. The van der Waals surface area contributed by atoms with Crippen LogP contribution in [0.2, 0.25) is 5.02 Å². The van der Waals surface area contributed by atoms with Crippen LogP contribution in [0.4, 0.5) is 20.2 Å². The highest BCUT2D eigenvalue weighted by Crippen LogP contribution is 2.22. The minimum atomic E-state index is -0.641. The monoisotopic (exact) mass is 296 g/mol. The molecule has 0 aliphatic carbocycles. The maximum absolute atomic E-state index is 13.5. The molecule has 0 saturated heterocycles. The number of amides is 1. The zero-order valence-corrected chi connectivity index (χ0v) is 11.3. The SMILES string of the molecule is CNc1c(F)cccc1C(=O)Nc1ccc(Cl)c(F)c1. The van der Waals surface area contributed by atoms with Crippen LogP contribution < -0.4 is 10.6 Å². The lowest BCUT2D eigenvalue weighted by Gasteiger charge is -2.10. The first kappa shape index (κ1) is 14.3. The predicted molar refractivity (Wildman–Crippen MR) is 75.3 cm³/mol. The van der Waals surface area contributed by atoms with Crippen LogP contribution >= 0.6 is 11.6 Å². The first-order valence-electron chi connectivity index (χ1n) is 5.75.